The fourth-order valence-corrected chi connectivity index (χ4v) is 2.88. The molecule has 1 aliphatic rings. The van der Waals surface area contributed by atoms with Gasteiger partial charge in [-0.2, -0.15) is 0 Å². The van der Waals surface area contributed by atoms with Crippen molar-refractivity contribution in [3.63, 3.8) is 0 Å². The zero-order chi connectivity index (χ0) is 16.9. The Kier molecular flexibility index (Phi) is 5.37. The van der Waals surface area contributed by atoms with Crippen LogP contribution in [0.25, 0.3) is 0 Å². The largest absolute Gasteiger partial charge is 0.507 e. The summed E-state index contributed by atoms with van der Waals surface area (Å²) in [7, 11) is 0. The second kappa shape index (κ2) is 7.68. The maximum Gasteiger partial charge on any atom is 0.259 e. The van der Waals surface area contributed by atoms with Crippen molar-refractivity contribution in [1.82, 2.24) is 0 Å². The molecule has 0 aromatic heterocycles. The molecule has 0 aliphatic carbocycles. The van der Waals surface area contributed by atoms with Crippen LogP contribution in [0.3, 0.4) is 0 Å². The molecule has 1 saturated heterocycles. The van der Waals surface area contributed by atoms with Gasteiger partial charge in [-0.3, -0.25) is 4.79 Å². The van der Waals surface area contributed by atoms with Crippen molar-refractivity contribution in [2.45, 2.75) is 18.9 Å². The van der Waals surface area contributed by atoms with Gasteiger partial charge in [-0.05, 0) is 43.2 Å². The van der Waals surface area contributed by atoms with Gasteiger partial charge in [0, 0.05) is 22.8 Å². The molecule has 3 rings (SSSR count). The maximum absolute atomic E-state index is 12.3. The summed E-state index contributed by atoms with van der Waals surface area (Å²) >= 11 is 3.29. The highest BCUT2D eigenvalue weighted by Crippen LogP contribution is 2.24. The zero-order valence-electron chi connectivity index (χ0n) is 13.0. The minimum Gasteiger partial charge on any atom is -0.507 e. The van der Waals surface area contributed by atoms with Crippen LogP contribution in [0, 0.1) is 0 Å². The number of benzene rings is 2. The number of carbonyl (C=O) groups is 1. The van der Waals surface area contributed by atoms with Gasteiger partial charge < -0.3 is 19.9 Å². The number of aromatic hydroxyl groups is 1. The van der Waals surface area contributed by atoms with E-state index in [0.29, 0.717) is 18.0 Å². The first-order valence-corrected chi connectivity index (χ1v) is 8.55. The number of phenols is 1. The normalized spacial score (nSPS) is 16.8. The number of anilines is 1. The minimum atomic E-state index is -0.384. The van der Waals surface area contributed by atoms with Crippen molar-refractivity contribution in [1.29, 1.82) is 0 Å². The lowest BCUT2D eigenvalue weighted by Gasteiger charge is -2.13. The number of nitrogens with one attached hydrogen (secondary N) is 1. The van der Waals surface area contributed by atoms with Crippen LogP contribution >= 0.6 is 15.9 Å². The maximum atomic E-state index is 12.3. The third-order valence-electron chi connectivity index (χ3n) is 3.76. The standard InChI is InChI=1S/C18H18BrNO4/c19-12-6-7-17(21)16(9-12)18(22)20-13-3-1-4-14(10-13)24-11-15-5-2-8-23-15/h1,3-4,6-7,9-10,15,21H,2,5,8,11H2,(H,20,22). The van der Waals surface area contributed by atoms with Crippen LogP contribution < -0.4 is 10.1 Å². The number of ether oxygens (including phenoxy) is 2. The van der Waals surface area contributed by atoms with Gasteiger partial charge >= 0.3 is 0 Å². The number of carbonyl (C=O) groups excluding carboxylic acids is 1. The second-order valence-electron chi connectivity index (χ2n) is 5.59. The fraction of sp³-hybridized carbons (Fsp3) is 0.278. The highest BCUT2D eigenvalue weighted by atomic mass is 79.9. The van der Waals surface area contributed by atoms with Crippen LogP contribution in [-0.4, -0.2) is 30.3 Å². The van der Waals surface area contributed by atoms with Crippen molar-refractivity contribution < 1.29 is 19.4 Å². The summed E-state index contributed by atoms with van der Waals surface area (Å²) in [6.45, 7) is 1.30. The molecule has 0 radical (unpaired) electrons. The Bertz CT molecular complexity index is 729. The predicted molar refractivity (Wildman–Crippen MR) is 94.7 cm³/mol. The number of rotatable bonds is 5. The van der Waals surface area contributed by atoms with Crippen LogP contribution in [0.4, 0.5) is 5.69 Å². The first-order valence-electron chi connectivity index (χ1n) is 7.76. The van der Waals surface area contributed by atoms with Crippen LogP contribution in [0.2, 0.25) is 0 Å². The molecule has 1 fully saturated rings. The number of hydrogen-bond donors (Lipinski definition) is 2. The Morgan fingerprint density at radius 1 is 1.33 bits per heavy atom. The van der Waals surface area contributed by atoms with Gasteiger partial charge in [-0.15, -0.1) is 0 Å². The summed E-state index contributed by atoms with van der Waals surface area (Å²) in [5.74, 6) is 0.216. The van der Waals surface area contributed by atoms with E-state index in [1.807, 2.05) is 6.07 Å². The summed E-state index contributed by atoms with van der Waals surface area (Å²) in [6, 6.07) is 11.9. The van der Waals surface area contributed by atoms with Crippen molar-refractivity contribution in [2.75, 3.05) is 18.5 Å². The lowest BCUT2D eigenvalue weighted by Crippen LogP contribution is -2.16. The second-order valence-corrected chi connectivity index (χ2v) is 6.51. The molecule has 1 heterocycles. The Morgan fingerprint density at radius 2 is 2.21 bits per heavy atom. The SMILES string of the molecule is O=C(Nc1cccc(OCC2CCCO2)c1)c1cc(Br)ccc1O. The van der Waals surface area contributed by atoms with Crippen molar-refractivity contribution >= 4 is 27.5 Å². The Labute approximate surface area is 148 Å². The van der Waals surface area contributed by atoms with Crippen molar-refractivity contribution in [3.8, 4) is 11.5 Å². The quantitative estimate of drug-likeness (QED) is 0.808. The van der Waals surface area contributed by atoms with Gasteiger partial charge in [0.2, 0.25) is 0 Å². The zero-order valence-corrected chi connectivity index (χ0v) is 14.6. The lowest BCUT2D eigenvalue weighted by molar-refractivity contribution is 0.0680. The number of phenolic OH excluding ortho intramolecular Hbond substituents is 1. The Hall–Kier alpha value is -2.05. The minimum absolute atomic E-state index is 0.0681. The van der Waals surface area contributed by atoms with Crippen molar-refractivity contribution in [3.05, 3.63) is 52.5 Å². The summed E-state index contributed by atoms with van der Waals surface area (Å²) in [6.07, 6.45) is 2.22. The van der Waals surface area contributed by atoms with Gasteiger partial charge in [0.15, 0.2) is 0 Å². The molecule has 2 aromatic carbocycles. The molecule has 0 spiro atoms. The van der Waals surface area contributed by atoms with E-state index in [1.54, 1.807) is 30.3 Å². The van der Waals surface area contributed by atoms with Crippen molar-refractivity contribution in [2.24, 2.45) is 0 Å². The first kappa shape index (κ1) is 16.8. The summed E-state index contributed by atoms with van der Waals surface area (Å²) in [5.41, 5.74) is 0.805. The molecule has 6 heteroatoms. The monoisotopic (exact) mass is 391 g/mol. The smallest absolute Gasteiger partial charge is 0.259 e. The van der Waals surface area contributed by atoms with Gasteiger partial charge in [0.25, 0.3) is 5.91 Å². The van der Waals surface area contributed by atoms with Gasteiger partial charge in [-0.25, -0.2) is 0 Å². The summed E-state index contributed by atoms with van der Waals surface area (Å²) in [5, 5.41) is 12.6. The molecule has 2 aromatic rings. The molecule has 1 atom stereocenters. The van der Waals surface area contributed by atoms with E-state index in [2.05, 4.69) is 21.2 Å². The number of hydrogen-bond acceptors (Lipinski definition) is 4. The average molecular weight is 392 g/mol. The van der Waals surface area contributed by atoms with Crippen LogP contribution in [0.5, 0.6) is 11.5 Å². The van der Waals surface area contributed by atoms with E-state index in [1.165, 1.54) is 6.07 Å². The Balaban J connectivity index is 1.65. The molecule has 0 bridgehead atoms. The molecule has 1 aliphatic heterocycles. The molecular weight excluding hydrogens is 374 g/mol. The van der Waals surface area contributed by atoms with E-state index in [4.69, 9.17) is 9.47 Å². The molecule has 1 unspecified atom stereocenters. The molecule has 5 nitrogen and oxygen atoms in total. The predicted octanol–water partition coefficient (Wildman–Crippen LogP) is 3.96. The first-order chi connectivity index (χ1) is 11.6. The highest BCUT2D eigenvalue weighted by Gasteiger charge is 2.16. The molecule has 24 heavy (non-hydrogen) atoms. The van der Waals surface area contributed by atoms with Gasteiger partial charge in [0.1, 0.15) is 18.1 Å². The van der Waals surface area contributed by atoms with Crippen LogP contribution in [0.15, 0.2) is 46.9 Å². The molecule has 126 valence electrons. The fourth-order valence-electron chi connectivity index (χ4n) is 2.52. The third-order valence-corrected chi connectivity index (χ3v) is 4.25. The van der Waals surface area contributed by atoms with E-state index >= 15 is 0 Å². The van der Waals surface area contributed by atoms with E-state index in [0.717, 1.165) is 23.9 Å². The third kappa shape index (κ3) is 4.27. The van der Waals surface area contributed by atoms with E-state index in [-0.39, 0.29) is 23.3 Å². The highest BCUT2D eigenvalue weighted by molar-refractivity contribution is 9.10. The van der Waals surface area contributed by atoms with Crippen LogP contribution in [0.1, 0.15) is 23.2 Å². The lowest BCUT2D eigenvalue weighted by atomic mass is 10.2. The van der Waals surface area contributed by atoms with Gasteiger partial charge in [-0.1, -0.05) is 22.0 Å². The summed E-state index contributed by atoms with van der Waals surface area (Å²) in [4.78, 5) is 12.3. The molecule has 0 saturated carbocycles. The number of halogens is 1. The number of amides is 1. The van der Waals surface area contributed by atoms with Gasteiger partial charge in [0.05, 0.1) is 11.7 Å². The molecule has 2 N–H and O–H groups in total. The van der Waals surface area contributed by atoms with Crippen LogP contribution in [-0.2, 0) is 4.74 Å². The molecule has 1 amide bonds. The van der Waals surface area contributed by atoms with E-state index in [9.17, 15) is 9.90 Å². The Morgan fingerprint density at radius 3 is 3.00 bits per heavy atom. The molecular formula is C18H18BrNO4. The summed E-state index contributed by atoms with van der Waals surface area (Å²) < 4.78 is 12.0. The topological polar surface area (TPSA) is 67.8 Å². The average Bonchev–Trinajstić information content (AvgIpc) is 3.09. The van der Waals surface area contributed by atoms with E-state index < -0.39 is 0 Å².